The molecule has 0 radical (unpaired) electrons. The molecule has 1 amide bonds. The summed E-state index contributed by atoms with van der Waals surface area (Å²) in [5.41, 5.74) is 1.07. The number of rotatable bonds is 6. The summed E-state index contributed by atoms with van der Waals surface area (Å²) in [6, 6.07) is 7.89. The Morgan fingerprint density at radius 2 is 2.29 bits per heavy atom. The van der Waals surface area contributed by atoms with E-state index in [0.717, 1.165) is 16.5 Å². The zero-order valence-corrected chi connectivity index (χ0v) is 11.8. The number of carbonyl (C=O) groups is 1. The minimum Gasteiger partial charge on any atom is -0.372 e. The Morgan fingerprint density at radius 3 is 2.94 bits per heavy atom. The van der Waals surface area contributed by atoms with Gasteiger partial charge >= 0.3 is 0 Å². The summed E-state index contributed by atoms with van der Waals surface area (Å²) >= 11 is 3.41. The minimum absolute atomic E-state index is 0.00905. The van der Waals surface area contributed by atoms with Gasteiger partial charge in [-0.15, -0.1) is 0 Å². The van der Waals surface area contributed by atoms with Crippen LogP contribution in [0.25, 0.3) is 0 Å². The van der Waals surface area contributed by atoms with Crippen molar-refractivity contribution in [1.29, 1.82) is 0 Å². The lowest BCUT2D eigenvalue weighted by Crippen LogP contribution is -2.30. The van der Waals surface area contributed by atoms with Gasteiger partial charge in [-0.2, -0.15) is 0 Å². The fourth-order valence-electron chi connectivity index (χ4n) is 1.45. The molecular formula is C13H18BrNO2. The Kier molecular flexibility index (Phi) is 6.22. The standard InChI is InChI=1S/C13H18BrNO2/c1-3-7-17-9-13(16)15-10(2)11-5-4-6-12(14)8-11/h4-6,8,10H,3,7,9H2,1-2H3,(H,15,16)/t10-/m0/s1. The van der Waals surface area contributed by atoms with E-state index < -0.39 is 0 Å². The molecule has 0 saturated carbocycles. The van der Waals surface area contributed by atoms with Crippen LogP contribution < -0.4 is 5.32 Å². The Labute approximate surface area is 111 Å². The maximum Gasteiger partial charge on any atom is 0.246 e. The van der Waals surface area contributed by atoms with Gasteiger partial charge in [0.2, 0.25) is 5.91 Å². The molecular weight excluding hydrogens is 282 g/mol. The fraction of sp³-hybridized carbons (Fsp3) is 0.462. The molecule has 0 aromatic heterocycles. The number of carbonyl (C=O) groups excluding carboxylic acids is 1. The first kappa shape index (κ1) is 14.2. The Morgan fingerprint density at radius 1 is 1.53 bits per heavy atom. The summed E-state index contributed by atoms with van der Waals surface area (Å²) in [4.78, 5) is 11.5. The molecule has 0 aliphatic heterocycles. The molecule has 17 heavy (non-hydrogen) atoms. The van der Waals surface area contributed by atoms with E-state index in [4.69, 9.17) is 4.74 Å². The van der Waals surface area contributed by atoms with Crippen LogP contribution in [-0.2, 0) is 9.53 Å². The lowest BCUT2D eigenvalue weighted by atomic mass is 10.1. The number of benzene rings is 1. The van der Waals surface area contributed by atoms with Crippen molar-refractivity contribution in [3.63, 3.8) is 0 Å². The topological polar surface area (TPSA) is 38.3 Å². The van der Waals surface area contributed by atoms with E-state index >= 15 is 0 Å². The van der Waals surface area contributed by atoms with Gasteiger partial charge in [0.15, 0.2) is 0 Å². The lowest BCUT2D eigenvalue weighted by molar-refractivity contribution is -0.126. The van der Waals surface area contributed by atoms with Crippen LogP contribution in [0.1, 0.15) is 31.9 Å². The van der Waals surface area contributed by atoms with Crippen LogP contribution >= 0.6 is 15.9 Å². The van der Waals surface area contributed by atoms with Crippen molar-refractivity contribution in [3.05, 3.63) is 34.3 Å². The average Bonchev–Trinajstić information content (AvgIpc) is 2.29. The highest BCUT2D eigenvalue weighted by Gasteiger charge is 2.09. The number of hydrogen-bond donors (Lipinski definition) is 1. The lowest BCUT2D eigenvalue weighted by Gasteiger charge is -2.14. The second-order valence-corrected chi connectivity index (χ2v) is 4.81. The molecule has 1 aromatic carbocycles. The van der Waals surface area contributed by atoms with E-state index in [1.54, 1.807) is 0 Å². The normalized spacial score (nSPS) is 12.2. The monoisotopic (exact) mass is 299 g/mol. The maximum atomic E-state index is 11.5. The molecule has 0 fully saturated rings. The van der Waals surface area contributed by atoms with Crippen LogP contribution in [0.15, 0.2) is 28.7 Å². The molecule has 0 heterocycles. The van der Waals surface area contributed by atoms with Crippen molar-refractivity contribution in [2.45, 2.75) is 26.3 Å². The van der Waals surface area contributed by atoms with E-state index in [1.165, 1.54) is 0 Å². The maximum absolute atomic E-state index is 11.5. The summed E-state index contributed by atoms with van der Waals surface area (Å²) in [7, 11) is 0. The van der Waals surface area contributed by atoms with E-state index in [9.17, 15) is 4.79 Å². The highest BCUT2D eigenvalue weighted by molar-refractivity contribution is 9.10. The first-order chi connectivity index (χ1) is 8.13. The molecule has 1 atom stereocenters. The molecule has 3 nitrogen and oxygen atoms in total. The molecule has 0 saturated heterocycles. The van der Waals surface area contributed by atoms with Crippen LogP contribution in [0.4, 0.5) is 0 Å². The van der Waals surface area contributed by atoms with Gasteiger partial charge in [-0.1, -0.05) is 35.0 Å². The van der Waals surface area contributed by atoms with Crippen molar-refractivity contribution in [3.8, 4) is 0 Å². The van der Waals surface area contributed by atoms with Crippen molar-refractivity contribution >= 4 is 21.8 Å². The molecule has 0 aliphatic carbocycles. The van der Waals surface area contributed by atoms with Crippen molar-refractivity contribution in [1.82, 2.24) is 5.32 Å². The minimum atomic E-state index is -0.0778. The molecule has 1 N–H and O–H groups in total. The predicted octanol–water partition coefficient (Wildman–Crippen LogP) is 3.05. The Balaban J connectivity index is 2.43. The first-order valence-electron chi connectivity index (χ1n) is 5.76. The number of halogens is 1. The van der Waals surface area contributed by atoms with Crippen LogP contribution in [0.2, 0.25) is 0 Å². The second-order valence-electron chi connectivity index (χ2n) is 3.90. The fourth-order valence-corrected chi connectivity index (χ4v) is 1.87. The second kappa shape index (κ2) is 7.45. The number of nitrogens with one attached hydrogen (secondary N) is 1. The number of ether oxygens (including phenoxy) is 1. The SMILES string of the molecule is CCCOCC(=O)N[C@@H](C)c1cccc(Br)c1. The van der Waals surface area contributed by atoms with Gasteiger partial charge in [0.25, 0.3) is 0 Å². The van der Waals surface area contributed by atoms with Gasteiger partial charge in [0.1, 0.15) is 6.61 Å². The third-order valence-corrected chi connectivity index (χ3v) is 2.80. The summed E-state index contributed by atoms with van der Waals surface area (Å²) in [5.74, 6) is -0.0778. The number of hydrogen-bond acceptors (Lipinski definition) is 2. The summed E-state index contributed by atoms with van der Waals surface area (Å²) < 4.78 is 6.20. The van der Waals surface area contributed by atoms with Gasteiger partial charge in [-0.3, -0.25) is 4.79 Å². The molecule has 1 rings (SSSR count). The quantitative estimate of drug-likeness (QED) is 0.820. The predicted molar refractivity (Wildman–Crippen MR) is 71.8 cm³/mol. The zero-order chi connectivity index (χ0) is 12.7. The Bertz CT molecular complexity index is 368. The van der Waals surface area contributed by atoms with Crippen LogP contribution in [-0.4, -0.2) is 19.1 Å². The van der Waals surface area contributed by atoms with E-state index in [0.29, 0.717) is 6.61 Å². The molecule has 0 unspecified atom stereocenters. The van der Waals surface area contributed by atoms with Gasteiger partial charge in [0, 0.05) is 11.1 Å². The largest absolute Gasteiger partial charge is 0.372 e. The summed E-state index contributed by atoms with van der Waals surface area (Å²) in [6.45, 7) is 4.73. The van der Waals surface area contributed by atoms with Gasteiger partial charge in [0.05, 0.1) is 6.04 Å². The highest BCUT2D eigenvalue weighted by atomic mass is 79.9. The van der Waals surface area contributed by atoms with Crippen LogP contribution in [0, 0.1) is 0 Å². The highest BCUT2D eigenvalue weighted by Crippen LogP contribution is 2.17. The summed E-state index contributed by atoms with van der Waals surface area (Å²) in [5, 5.41) is 2.90. The zero-order valence-electron chi connectivity index (χ0n) is 10.2. The van der Waals surface area contributed by atoms with E-state index in [2.05, 4.69) is 21.2 Å². The molecule has 0 spiro atoms. The Hall–Kier alpha value is -0.870. The molecule has 0 bridgehead atoms. The number of amides is 1. The molecule has 4 heteroatoms. The van der Waals surface area contributed by atoms with Crippen LogP contribution in [0.5, 0.6) is 0 Å². The van der Waals surface area contributed by atoms with Crippen LogP contribution in [0.3, 0.4) is 0 Å². The average molecular weight is 300 g/mol. The van der Waals surface area contributed by atoms with Crippen molar-refractivity contribution in [2.75, 3.05) is 13.2 Å². The van der Waals surface area contributed by atoms with Gasteiger partial charge < -0.3 is 10.1 Å². The van der Waals surface area contributed by atoms with E-state index in [-0.39, 0.29) is 18.6 Å². The van der Waals surface area contributed by atoms with E-state index in [1.807, 2.05) is 38.1 Å². The van der Waals surface area contributed by atoms with Gasteiger partial charge in [-0.05, 0) is 31.0 Å². The first-order valence-corrected chi connectivity index (χ1v) is 6.55. The third kappa shape index (κ3) is 5.33. The summed E-state index contributed by atoms with van der Waals surface area (Å²) in [6.07, 6.45) is 0.925. The van der Waals surface area contributed by atoms with Crippen molar-refractivity contribution < 1.29 is 9.53 Å². The smallest absolute Gasteiger partial charge is 0.246 e. The third-order valence-electron chi connectivity index (χ3n) is 2.31. The van der Waals surface area contributed by atoms with Crippen molar-refractivity contribution in [2.24, 2.45) is 0 Å². The molecule has 94 valence electrons. The van der Waals surface area contributed by atoms with Gasteiger partial charge in [-0.25, -0.2) is 0 Å². The molecule has 0 aliphatic rings. The molecule has 1 aromatic rings.